The van der Waals surface area contributed by atoms with Crippen LogP contribution in [0.3, 0.4) is 0 Å². The number of aliphatic hydroxyl groups is 1. The molecule has 6 nitrogen and oxygen atoms in total. The number of carboxylic acids is 1. The summed E-state index contributed by atoms with van der Waals surface area (Å²) in [5.41, 5.74) is 0. The van der Waals surface area contributed by atoms with Gasteiger partial charge in [0.15, 0.2) is 0 Å². The highest BCUT2D eigenvalue weighted by Crippen LogP contribution is 2.15. The first-order valence-corrected chi connectivity index (χ1v) is 6.07. The van der Waals surface area contributed by atoms with Crippen LogP contribution < -0.4 is 4.72 Å². The summed E-state index contributed by atoms with van der Waals surface area (Å²) < 4.78 is 50.8. The molecule has 0 spiro atoms. The molecule has 0 saturated heterocycles. The Hall–Kier alpha value is -1.58. The Bertz CT molecular complexity index is 560. The van der Waals surface area contributed by atoms with Crippen LogP contribution in [0, 0.1) is 11.6 Å². The van der Waals surface area contributed by atoms with Crippen LogP contribution >= 0.6 is 0 Å². The Balaban J connectivity index is 3.14. The summed E-state index contributed by atoms with van der Waals surface area (Å²) >= 11 is 0. The molecule has 0 heterocycles. The second kappa shape index (κ2) is 5.38. The van der Waals surface area contributed by atoms with E-state index < -0.39 is 45.2 Å². The number of aliphatic hydroxyl groups excluding tert-OH is 1. The molecule has 1 unspecified atom stereocenters. The lowest BCUT2D eigenvalue weighted by atomic mass is 10.3. The van der Waals surface area contributed by atoms with Gasteiger partial charge in [0.05, 0.1) is 6.61 Å². The number of hydrogen-bond acceptors (Lipinski definition) is 4. The minimum absolute atomic E-state index is 0.411. The third-order valence-electron chi connectivity index (χ3n) is 1.96. The van der Waals surface area contributed by atoms with Crippen LogP contribution in [-0.4, -0.2) is 37.2 Å². The van der Waals surface area contributed by atoms with Crippen LogP contribution in [0.15, 0.2) is 23.1 Å². The lowest BCUT2D eigenvalue weighted by Crippen LogP contribution is -2.43. The third kappa shape index (κ3) is 3.22. The van der Waals surface area contributed by atoms with Gasteiger partial charge in [0, 0.05) is 0 Å². The summed E-state index contributed by atoms with van der Waals surface area (Å²) in [6.07, 6.45) is 0. The maximum Gasteiger partial charge on any atom is 0.324 e. The van der Waals surface area contributed by atoms with E-state index in [1.165, 1.54) is 0 Å². The van der Waals surface area contributed by atoms with Gasteiger partial charge in [0.25, 0.3) is 0 Å². The minimum Gasteiger partial charge on any atom is -0.480 e. The summed E-state index contributed by atoms with van der Waals surface area (Å²) in [6, 6.07) is -0.112. The highest BCUT2D eigenvalue weighted by molar-refractivity contribution is 7.89. The number of nitrogens with one attached hydrogen (secondary N) is 1. The SMILES string of the molecule is O=C(O)C(CO)NS(=O)(=O)c1cc(F)ccc1F. The Labute approximate surface area is 101 Å². The molecule has 0 bridgehead atoms. The lowest BCUT2D eigenvalue weighted by Gasteiger charge is -2.12. The second-order valence-electron chi connectivity index (χ2n) is 3.27. The molecular weight excluding hydrogens is 272 g/mol. The average molecular weight is 281 g/mol. The molecule has 0 aliphatic heterocycles. The molecule has 1 atom stereocenters. The van der Waals surface area contributed by atoms with E-state index >= 15 is 0 Å². The predicted molar refractivity (Wildman–Crippen MR) is 55.2 cm³/mol. The number of halogens is 2. The van der Waals surface area contributed by atoms with Crippen molar-refractivity contribution in [3.05, 3.63) is 29.8 Å². The van der Waals surface area contributed by atoms with E-state index in [2.05, 4.69) is 0 Å². The van der Waals surface area contributed by atoms with Crippen molar-refractivity contribution in [1.29, 1.82) is 0 Å². The molecule has 18 heavy (non-hydrogen) atoms. The molecular formula is C9H9F2NO5S. The number of benzene rings is 1. The summed E-state index contributed by atoms with van der Waals surface area (Å²) in [5, 5.41) is 17.2. The smallest absolute Gasteiger partial charge is 0.324 e. The lowest BCUT2D eigenvalue weighted by molar-refractivity contribution is -0.139. The Morgan fingerprint density at radius 3 is 2.50 bits per heavy atom. The Kier molecular flexibility index (Phi) is 4.33. The summed E-state index contributed by atoms with van der Waals surface area (Å²) in [7, 11) is -4.58. The maximum absolute atomic E-state index is 13.2. The summed E-state index contributed by atoms with van der Waals surface area (Å²) in [4.78, 5) is 9.51. The molecule has 1 rings (SSSR count). The van der Waals surface area contributed by atoms with Crippen LogP contribution in [-0.2, 0) is 14.8 Å². The molecule has 0 aliphatic rings. The number of aliphatic carboxylic acids is 1. The first kappa shape index (κ1) is 14.5. The van der Waals surface area contributed by atoms with Gasteiger partial charge in [-0.3, -0.25) is 4.79 Å². The summed E-state index contributed by atoms with van der Waals surface area (Å²) in [5.74, 6) is -3.86. The van der Waals surface area contributed by atoms with Crippen molar-refractivity contribution in [2.45, 2.75) is 10.9 Å². The fourth-order valence-corrected chi connectivity index (χ4v) is 2.37. The highest BCUT2D eigenvalue weighted by Gasteiger charge is 2.27. The van der Waals surface area contributed by atoms with Gasteiger partial charge in [-0.2, -0.15) is 4.72 Å². The van der Waals surface area contributed by atoms with Crippen LogP contribution in [0.25, 0.3) is 0 Å². The van der Waals surface area contributed by atoms with Crippen molar-refractivity contribution in [3.63, 3.8) is 0 Å². The van der Waals surface area contributed by atoms with E-state index in [1.807, 2.05) is 0 Å². The number of hydrogen-bond donors (Lipinski definition) is 3. The van der Waals surface area contributed by atoms with Gasteiger partial charge in [-0.05, 0) is 18.2 Å². The first-order valence-electron chi connectivity index (χ1n) is 4.59. The standard InChI is InChI=1S/C9H9F2NO5S/c10-5-1-2-6(11)8(3-5)18(16,17)12-7(4-13)9(14)15/h1-3,7,12-13H,4H2,(H,14,15). The molecule has 0 radical (unpaired) electrons. The van der Waals surface area contributed by atoms with Gasteiger partial charge < -0.3 is 10.2 Å². The van der Waals surface area contributed by atoms with Crippen molar-refractivity contribution in [2.75, 3.05) is 6.61 Å². The zero-order valence-electron chi connectivity index (χ0n) is 8.80. The number of sulfonamides is 1. The topological polar surface area (TPSA) is 104 Å². The molecule has 3 N–H and O–H groups in total. The van der Waals surface area contributed by atoms with E-state index in [-0.39, 0.29) is 0 Å². The maximum atomic E-state index is 13.2. The first-order chi connectivity index (χ1) is 8.27. The minimum atomic E-state index is -4.58. The van der Waals surface area contributed by atoms with Gasteiger partial charge in [-0.1, -0.05) is 0 Å². The molecule has 0 amide bonds. The van der Waals surface area contributed by atoms with Crippen molar-refractivity contribution in [1.82, 2.24) is 4.72 Å². The van der Waals surface area contributed by atoms with E-state index in [1.54, 1.807) is 4.72 Å². The van der Waals surface area contributed by atoms with Crippen LogP contribution in [0.1, 0.15) is 0 Å². The molecule has 100 valence electrons. The Morgan fingerprint density at radius 1 is 1.39 bits per heavy atom. The average Bonchev–Trinajstić information content (AvgIpc) is 2.28. The third-order valence-corrected chi connectivity index (χ3v) is 3.45. The largest absolute Gasteiger partial charge is 0.480 e. The van der Waals surface area contributed by atoms with E-state index in [4.69, 9.17) is 10.2 Å². The number of carbonyl (C=O) groups is 1. The highest BCUT2D eigenvalue weighted by atomic mass is 32.2. The van der Waals surface area contributed by atoms with Gasteiger partial charge in [-0.25, -0.2) is 17.2 Å². The molecule has 0 fully saturated rings. The van der Waals surface area contributed by atoms with E-state index in [0.717, 1.165) is 6.07 Å². The fraction of sp³-hybridized carbons (Fsp3) is 0.222. The molecule has 1 aromatic carbocycles. The van der Waals surface area contributed by atoms with E-state index in [9.17, 15) is 22.0 Å². The van der Waals surface area contributed by atoms with Crippen molar-refractivity contribution in [2.24, 2.45) is 0 Å². The summed E-state index contributed by atoms with van der Waals surface area (Å²) in [6.45, 7) is -1.02. The molecule has 0 saturated carbocycles. The molecule has 0 aliphatic carbocycles. The van der Waals surface area contributed by atoms with Gasteiger partial charge in [-0.15, -0.1) is 0 Å². The zero-order valence-corrected chi connectivity index (χ0v) is 9.62. The molecule has 1 aromatic rings. The predicted octanol–water partition coefficient (Wildman–Crippen LogP) is -0.311. The van der Waals surface area contributed by atoms with Gasteiger partial charge >= 0.3 is 5.97 Å². The van der Waals surface area contributed by atoms with Gasteiger partial charge in [0.2, 0.25) is 10.0 Å². The normalized spacial score (nSPS) is 13.3. The van der Waals surface area contributed by atoms with E-state index in [0.29, 0.717) is 12.1 Å². The van der Waals surface area contributed by atoms with Gasteiger partial charge in [0.1, 0.15) is 22.6 Å². The van der Waals surface area contributed by atoms with Crippen molar-refractivity contribution < 1.29 is 32.2 Å². The van der Waals surface area contributed by atoms with Crippen molar-refractivity contribution >= 4 is 16.0 Å². The van der Waals surface area contributed by atoms with Crippen LogP contribution in [0.2, 0.25) is 0 Å². The fourth-order valence-electron chi connectivity index (χ4n) is 1.10. The number of carboxylic acid groups (broad SMARTS) is 1. The monoisotopic (exact) mass is 281 g/mol. The Morgan fingerprint density at radius 2 is 2.00 bits per heavy atom. The molecule has 9 heteroatoms. The quantitative estimate of drug-likeness (QED) is 0.686. The number of rotatable bonds is 5. The second-order valence-corrected chi connectivity index (χ2v) is 4.95. The van der Waals surface area contributed by atoms with Crippen molar-refractivity contribution in [3.8, 4) is 0 Å². The van der Waals surface area contributed by atoms with Crippen LogP contribution in [0.5, 0.6) is 0 Å². The zero-order chi connectivity index (χ0) is 13.9. The van der Waals surface area contributed by atoms with Crippen LogP contribution in [0.4, 0.5) is 8.78 Å². The molecule has 0 aromatic heterocycles.